The van der Waals surface area contributed by atoms with Gasteiger partial charge in [0.2, 0.25) is 0 Å². The van der Waals surface area contributed by atoms with Gasteiger partial charge < -0.3 is 20.1 Å². The van der Waals surface area contributed by atoms with E-state index in [0.717, 1.165) is 57.8 Å². The van der Waals surface area contributed by atoms with Crippen molar-refractivity contribution in [3.63, 3.8) is 0 Å². The standard InChI is InChI=1S/C23H38O5/c1-14(25)18-8-11-23(27)20-5-4-16-12-17(28-15(2)26)6-10-22(16,13-24)19(20)7-9-21(18,23)3/h14,16-20,24-25,27H,4-13H2,1-3H3/t14-,16-,17-,18+,19-,20+,21+,22+,23-/m0/s1. The number of hydrogen-bond acceptors (Lipinski definition) is 5. The minimum absolute atomic E-state index is 0.0261. The maximum absolute atomic E-state index is 12.0. The van der Waals surface area contributed by atoms with Gasteiger partial charge in [-0.25, -0.2) is 0 Å². The van der Waals surface area contributed by atoms with Crippen molar-refractivity contribution in [2.24, 2.45) is 34.5 Å². The molecule has 4 saturated carbocycles. The summed E-state index contributed by atoms with van der Waals surface area (Å²) in [5.74, 6) is 0.816. The van der Waals surface area contributed by atoms with Gasteiger partial charge in [0.25, 0.3) is 0 Å². The molecule has 0 saturated heterocycles. The van der Waals surface area contributed by atoms with Crippen molar-refractivity contribution in [2.45, 2.75) is 96.4 Å². The summed E-state index contributed by atoms with van der Waals surface area (Å²) in [5.41, 5.74) is -1.13. The lowest BCUT2D eigenvalue weighted by atomic mass is 9.43. The maximum Gasteiger partial charge on any atom is 0.302 e. The molecule has 0 heterocycles. The van der Waals surface area contributed by atoms with Crippen LogP contribution in [0.25, 0.3) is 0 Å². The number of aliphatic hydroxyl groups is 3. The molecule has 0 spiro atoms. The van der Waals surface area contributed by atoms with Gasteiger partial charge >= 0.3 is 5.97 Å². The Bertz CT molecular complexity index is 620. The molecule has 0 aliphatic heterocycles. The largest absolute Gasteiger partial charge is 0.463 e. The fourth-order valence-electron chi connectivity index (χ4n) is 8.45. The van der Waals surface area contributed by atoms with E-state index in [1.165, 1.54) is 6.92 Å². The fraction of sp³-hybridized carbons (Fsp3) is 0.957. The summed E-state index contributed by atoms with van der Waals surface area (Å²) >= 11 is 0. The first-order valence-electron chi connectivity index (χ1n) is 11.4. The van der Waals surface area contributed by atoms with Gasteiger partial charge in [0.15, 0.2) is 0 Å². The van der Waals surface area contributed by atoms with Gasteiger partial charge in [-0.15, -0.1) is 0 Å². The highest BCUT2D eigenvalue weighted by atomic mass is 16.5. The number of fused-ring (bicyclic) bond motifs is 5. The van der Waals surface area contributed by atoms with Crippen LogP contribution in [-0.2, 0) is 9.53 Å². The third-order valence-electron chi connectivity index (χ3n) is 9.78. The molecule has 4 rings (SSSR count). The van der Waals surface area contributed by atoms with E-state index >= 15 is 0 Å². The highest BCUT2D eigenvalue weighted by Gasteiger charge is 2.68. The first-order chi connectivity index (χ1) is 13.2. The molecule has 9 atom stereocenters. The Morgan fingerprint density at radius 3 is 2.50 bits per heavy atom. The van der Waals surface area contributed by atoms with E-state index in [1.807, 2.05) is 6.92 Å². The second kappa shape index (κ2) is 6.95. The van der Waals surface area contributed by atoms with E-state index < -0.39 is 11.7 Å². The van der Waals surface area contributed by atoms with Crippen LogP contribution in [0, 0.1) is 34.5 Å². The summed E-state index contributed by atoms with van der Waals surface area (Å²) in [7, 11) is 0. The Balaban J connectivity index is 1.61. The second-order valence-electron chi connectivity index (χ2n) is 10.7. The van der Waals surface area contributed by atoms with Gasteiger partial charge in [-0.05, 0) is 93.8 Å². The van der Waals surface area contributed by atoms with Gasteiger partial charge in [-0.2, -0.15) is 0 Å². The van der Waals surface area contributed by atoms with Crippen molar-refractivity contribution >= 4 is 5.97 Å². The summed E-state index contributed by atoms with van der Waals surface area (Å²) in [6.45, 7) is 5.71. The topological polar surface area (TPSA) is 87.0 Å². The average Bonchev–Trinajstić information content (AvgIpc) is 2.92. The molecule has 0 bridgehead atoms. The maximum atomic E-state index is 12.0. The Labute approximate surface area is 168 Å². The van der Waals surface area contributed by atoms with E-state index in [-0.39, 0.29) is 41.3 Å². The van der Waals surface area contributed by atoms with Crippen LogP contribution < -0.4 is 0 Å². The Morgan fingerprint density at radius 2 is 1.86 bits per heavy atom. The highest BCUT2D eigenvalue weighted by molar-refractivity contribution is 5.66. The number of carbonyl (C=O) groups excluding carboxylic acids is 1. The zero-order valence-electron chi connectivity index (χ0n) is 17.7. The van der Waals surface area contributed by atoms with Crippen LogP contribution in [0.1, 0.15) is 78.6 Å². The van der Waals surface area contributed by atoms with Crippen LogP contribution in [0.2, 0.25) is 0 Å². The van der Waals surface area contributed by atoms with Crippen molar-refractivity contribution in [3.05, 3.63) is 0 Å². The van der Waals surface area contributed by atoms with E-state index in [0.29, 0.717) is 11.8 Å². The molecule has 0 amide bonds. The third-order valence-corrected chi connectivity index (χ3v) is 9.78. The van der Waals surface area contributed by atoms with Crippen LogP contribution in [0.15, 0.2) is 0 Å². The predicted molar refractivity (Wildman–Crippen MR) is 105 cm³/mol. The summed E-state index contributed by atoms with van der Waals surface area (Å²) in [5, 5.41) is 32.9. The van der Waals surface area contributed by atoms with Crippen LogP contribution in [-0.4, -0.2) is 45.7 Å². The quantitative estimate of drug-likeness (QED) is 0.641. The lowest BCUT2D eigenvalue weighted by Gasteiger charge is -2.64. The molecular formula is C23H38O5. The Kier molecular flexibility index (Phi) is 5.12. The molecule has 3 N–H and O–H groups in total. The van der Waals surface area contributed by atoms with Gasteiger partial charge in [0, 0.05) is 18.9 Å². The molecule has 160 valence electrons. The minimum atomic E-state index is -0.739. The molecule has 0 aromatic heterocycles. The summed E-state index contributed by atoms with van der Waals surface area (Å²) < 4.78 is 5.51. The first-order valence-corrected chi connectivity index (χ1v) is 11.4. The second-order valence-corrected chi connectivity index (χ2v) is 10.7. The molecule has 0 radical (unpaired) electrons. The smallest absolute Gasteiger partial charge is 0.302 e. The van der Waals surface area contributed by atoms with Crippen LogP contribution >= 0.6 is 0 Å². The van der Waals surface area contributed by atoms with E-state index in [9.17, 15) is 20.1 Å². The molecule has 4 aliphatic carbocycles. The lowest BCUT2D eigenvalue weighted by molar-refractivity contribution is -0.226. The number of ether oxygens (including phenoxy) is 1. The highest BCUT2D eigenvalue weighted by Crippen LogP contribution is 2.69. The summed E-state index contributed by atoms with van der Waals surface area (Å²) in [6, 6.07) is 0. The summed E-state index contributed by atoms with van der Waals surface area (Å²) in [6.07, 6.45) is 7.66. The molecule has 0 aromatic carbocycles. The molecule has 28 heavy (non-hydrogen) atoms. The molecule has 0 aromatic rings. The number of carbonyl (C=O) groups is 1. The number of esters is 1. The SMILES string of the molecule is CC(=O)O[C@H]1CC[C@@]2(CO)[C@@H](CC[C@@H]3[C@@H]2CC[C@]2(C)[C@@H]([C@H](C)O)CC[C@]32O)C1. The molecular weight excluding hydrogens is 356 g/mol. The van der Waals surface area contributed by atoms with Crippen molar-refractivity contribution in [2.75, 3.05) is 6.61 Å². The van der Waals surface area contributed by atoms with E-state index in [2.05, 4.69) is 6.92 Å². The van der Waals surface area contributed by atoms with Crippen LogP contribution in [0.4, 0.5) is 0 Å². The van der Waals surface area contributed by atoms with Gasteiger partial charge in [0.05, 0.1) is 11.7 Å². The summed E-state index contributed by atoms with van der Waals surface area (Å²) in [4.78, 5) is 11.4. The minimum Gasteiger partial charge on any atom is -0.463 e. The zero-order valence-corrected chi connectivity index (χ0v) is 17.7. The lowest BCUT2D eigenvalue weighted by Crippen LogP contribution is -2.64. The van der Waals surface area contributed by atoms with Crippen LogP contribution in [0.3, 0.4) is 0 Å². The Hall–Kier alpha value is -0.650. The van der Waals surface area contributed by atoms with E-state index in [1.54, 1.807) is 0 Å². The number of aliphatic hydroxyl groups excluding tert-OH is 2. The Morgan fingerprint density at radius 1 is 1.11 bits per heavy atom. The first kappa shape index (κ1) is 20.6. The number of hydrogen-bond donors (Lipinski definition) is 3. The molecule has 5 heteroatoms. The van der Waals surface area contributed by atoms with Crippen LogP contribution in [0.5, 0.6) is 0 Å². The molecule has 4 fully saturated rings. The van der Waals surface area contributed by atoms with Crippen molar-refractivity contribution in [3.8, 4) is 0 Å². The van der Waals surface area contributed by atoms with Crippen molar-refractivity contribution in [1.82, 2.24) is 0 Å². The molecule has 4 aliphatic rings. The average molecular weight is 395 g/mol. The fourth-order valence-corrected chi connectivity index (χ4v) is 8.45. The molecule has 0 unspecified atom stereocenters. The zero-order chi connectivity index (χ0) is 20.3. The predicted octanol–water partition coefficient (Wildman–Crippen LogP) is 3.05. The van der Waals surface area contributed by atoms with Gasteiger partial charge in [0.1, 0.15) is 6.10 Å². The monoisotopic (exact) mass is 394 g/mol. The number of rotatable bonds is 3. The normalized spacial score (nSPS) is 51.6. The molecule has 5 nitrogen and oxygen atoms in total. The van der Waals surface area contributed by atoms with Crippen molar-refractivity contribution < 1.29 is 24.9 Å². The van der Waals surface area contributed by atoms with E-state index in [4.69, 9.17) is 4.74 Å². The van der Waals surface area contributed by atoms with Crippen molar-refractivity contribution in [1.29, 1.82) is 0 Å². The third kappa shape index (κ3) is 2.72. The van der Waals surface area contributed by atoms with Gasteiger partial charge in [-0.3, -0.25) is 4.79 Å². The van der Waals surface area contributed by atoms with Gasteiger partial charge in [-0.1, -0.05) is 6.92 Å².